The quantitative estimate of drug-likeness (QED) is 0.777. The van der Waals surface area contributed by atoms with Gasteiger partial charge in [0.2, 0.25) is 0 Å². The van der Waals surface area contributed by atoms with Gasteiger partial charge >= 0.3 is 0 Å². The third-order valence-electron chi connectivity index (χ3n) is 2.16. The number of halogens is 2. The zero-order chi connectivity index (χ0) is 11.5. The van der Waals surface area contributed by atoms with Gasteiger partial charge in [0.1, 0.15) is 17.4 Å². The van der Waals surface area contributed by atoms with Crippen LogP contribution in [0.5, 0.6) is 5.75 Å². The second-order valence-electron chi connectivity index (χ2n) is 3.20. The van der Waals surface area contributed by atoms with Gasteiger partial charge in [0, 0.05) is 17.8 Å². The number of methoxy groups -OCH3 is 1. The Labute approximate surface area is 91.5 Å². The zero-order valence-electron chi connectivity index (χ0n) is 8.58. The Morgan fingerprint density at radius 2 is 1.81 bits per heavy atom. The Morgan fingerprint density at radius 1 is 1.06 bits per heavy atom. The Balaban J connectivity index is 2.58. The van der Waals surface area contributed by atoms with Crippen molar-refractivity contribution in [3.8, 4) is 17.0 Å². The lowest BCUT2D eigenvalue weighted by Gasteiger charge is -2.07. The number of rotatable bonds is 2. The summed E-state index contributed by atoms with van der Waals surface area (Å²) in [7, 11) is 1.47. The molecule has 0 aliphatic rings. The predicted octanol–water partition coefficient (Wildman–Crippen LogP) is 3.04. The molecule has 1 aromatic heterocycles. The third-order valence-corrected chi connectivity index (χ3v) is 2.16. The van der Waals surface area contributed by atoms with E-state index in [9.17, 15) is 8.78 Å². The van der Waals surface area contributed by atoms with Crippen LogP contribution >= 0.6 is 0 Å². The molecule has 0 saturated heterocycles. The summed E-state index contributed by atoms with van der Waals surface area (Å²) in [5, 5.41) is 0. The average molecular weight is 221 g/mol. The molecule has 4 heteroatoms. The second-order valence-corrected chi connectivity index (χ2v) is 3.20. The molecule has 0 N–H and O–H groups in total. The van der Waals surface area contributed by atoms with Crippen LogP contribution in [0.2, 0.25) is 0 Å². The van der Waals surface area contributed by atoms with Gasteiger partial charge in [-0.15, -0.1) is 0 Å². The molecule has 1 heterocycles. The van der Waals surface area contributed by atoms with Gasteiger partial charge in [-0.05, 0) is 24.3 Å². The van der Waals surface area contributed by atoms with E-state index in [2.05, 4.69) is 4.98 Å². The van der Waals surface area contributed by atoms with Gasteiger partial charge in [-0.25, -0.2) is 8.78 Å². The number of benzene rings is 1. The fraction of sp³-hybridized carbons (Fsp3) is 0.0833. The molecular weight excluding hydrogens is 212 g/mol. The van der Waals surface area contributed by atoms with Gasteiger partial charge in [-0.3, -0.25) is 4.98 Å². The van der Waals surface area contributed by atoms with Gasteiger partial charge in [0.25, 0.3) is 0 Å². The van der Waals surface area contributed by atoms with E-state index in [0.29, 0.717) is 17.0 Å². The number of aromatic nitrogens is 1. The van der Waals surface area contributed by atoms with Crippen LogP contribution in [0.25, 0.3) is 11.3 Å². The molecule has 0 amide bonds. The molecule has 0 aliphatic heterocycles. The van der Waals surface area contributed by atoms with Gasteiger partial charge in [0.05, 0.1) is 12.8 Å². The molecule has 0 spiro atoms. The van der Waals surface area contributed by atoms with Gasteiger partial charge in [-0.1, -0.05) is 0 Å². The monoisotopic (exact) mass is 221 g/mol. The zero-order valence-corrected chi connectivity index (χ0v) is 8.58. The average Bonchev–Trinajstić information content (AvgIpc) is 2.29. The van der Waals surface area contributed by atoms with Crippen molar-refractivity contribution in [1.29, 1.82) is 0 Å². The molecule has 2 nitrogen and oxygen atoms in total. The standard InChI is InChI=1S/C12H9F2NO/c1-16-12-3-2-8(13)6-10(12)11-7-9(14)4-5-15-11/h2-7H,1H3. The Bertz CT molecular complexity index is 514. The first-order valence-corrected chi connectivity index (χ1v) is 4.66. The van der Waals surface area contributed by atoms with Crippen molar-refractivity contribution < 1.29 is 13.5 Å². The Kier molecular flexibility index (Phi) is 2.81. The predicted molar refractivity (Wildman–Crippen MR) is 56.1 cm³/mol. The molecule has 16 heavy (non-hydrogen) atoms. The summed E-state index contributed by atoms with van der Waals surface area (Å²) in [6.07, 6.45) is 1.33. The van der Waals surface area contributed by atoms with Crippen molar-refractivity contribution in [1.82, 2.24) is 4.98 Å². The first kappa shape index (κ1) is 10.5. The fourth-order valence-electron chi connectivity index (χ4n) is 1.43. The number of nitrogens with zero attached hydrogens (tertiary/aromatic N) is 1. The van der Waals surface area contributed by atoms with Crippen molar-refractivity contribution in [2.45, 2.75) is 0 Å². The molecule has 0 fully saturated rings. The van der Waals surface area contributed by atoms with Crippen LogP contribution in [0, 0.1) is 11.6 Å². The van der Waals surface area contributed by atoms with Crippen molar-refractivity contribution in [3.63, 3.8) is 0 Å². The molecule has 0 unspecified atom stereocenters. The minimum Gasteiger partial charge on any atom is -0.496 e. The van der Waals surface area contributed by atoms with Crippen LogP contribution in [-0.2, 0) is 0 Å². The smallest absolute Gasteiger partial charge is 0.128 e. The lowest BCUT2D eigenvalue weighted by molar-refractivity contribution is 0.415. The summed E-state index contributed by atoms with van der Waals surface area (Å²) < 4.78 is 31.2. The second kappa shape index (κ2) is 4.26. The SMILES string of the molecule is COc1ccc(F)cc1-c1cc(F)ccn1. The van der Waals surface area contributed by atoms with E-state index in [-0.39, 0.29) is 0 Å². The maximum absolute atomic E-state index is 13.1. The summed E-state index contributed by atoms with van der Waals surface area (Å²) in [5.74, 6) is -0.377. The third kappa shape index (κ3) is 2.00. The molecule has 0 bridgehead atoms. The van der Waals surface area contributed by atoms with E-state index in [0.717, 1.165) is 0 Å². The highest BCUT2D eigenvalue weighted by Gasteiger charge is 2.09. The number of ether oxygens (including phenoxy) is 1. The maximum atomic E-state index is 13.1. The van der Waals surface area contributed by atoms with Gasteiger partial charge in [-0.2, -0.15) is 0 Å². The van der Waals surface area contributed by atoms with Crippen LogP contribution < -0.4 is 4.74 Å². The molecule has 2 rings (SSSR count). The number of hydrogen-bond donors (Lipinski definition) is 0. The summed E-state index contributed by atoms with van der Waals surface area (Å²) in [6, 6.07) is 6.49. The summed E-state index contributed by atoms with van der Waals surface area (Å²) in [6.45, 7) is 0. The summed E-state index contributed by atoms with van der Waals surface area (Å²) in [5.41, 5.74) is 0.776. The first-order valence-electron chi connectivity index (χ1n) is 4.66. The van der Waals surface area contributed by atoms with E-state index in [1.807, 2.05) is 0 Å². The van der Waals surface area contributed by atoms with E-state index < -0.39 is 11.6 Å². The highest BCUT2D eigenvalue weighted by Crippen LogP contribution is 2.29. The summed E-state index contributed by atoms with van der Waals surface area (Å²) >= 11 is 0. The Hall–Kier alpha value is -1.97. The van der Waals surface area contributed by atoms with Crippen molar-refractivity contribution in [2.24, 2.45) is 0 Å². The highest BCUT2D eigenvalue weighted by molar-refractivity contribution is 5.67. The molecule has 82 valence electrons. The van der Waals surface area contributed by atoms with Crippen LogP contribution in [-0.4, -0.2) is 12.1 Å². The van der Waals surface area contributed by atoms with Crippen molar-refractivity contribution in [2.75, 3.05) is 7.11 Å². The largest absolute Gasteiger partial charge is 0.496 e. The highest BCUT2D eigenvalue weighted by atomic mass is 19.1. The molecule has 0 saturated carbocycles. The van der Waals surface area contributed by atoms with E-state index in [1.165, 1.54) is 43.6 Å². The number of pyridine rings is 1. The van der Waals surface area contributed by atoms with Crippen LogP contribution in [0.3, 0.4) is 0 Å². The fourth-order valence-corrected chi connectivity index (χ4v) is 1.43. The molecule has 0 radical (unpaired) electrons. The lowest BCUT2D eigenvalue weighted by atomic mass is 10.1. The van der Waals surface area contributed by atoms with E-state index in [1.54, 1.807) is 0 Å². The molecule has 0 aliphatic carbocycles. The normalized spacial score (nSPS) is 10.2. The van der Waals surface area contributed by atoms with Crippen LogP contribution in [0.15, 0.2) is 36.5 Å². The Morgan fingerprint density at radius 3 is 2.50 bits per heavy atom. The van der Waals surface area contributed by atoms with Crippen molar-refractivity contribution >= 4 is 0 Å². The lowest BCUT2D eigenvalue weighted by Crippen LogP contribution is -1.91. The van der Waals surface area contributed by atoms with Gasteiger partial charge < -0.3 is 4.74 Å². The minimum atomic E-state index is -0.420. The summed E-state index contributed by atoms with van der Waals surface area (Å²) in [4.78, 5) is 3.97. The molecule has 1 aromatic carbocycles. The topological polar surface area (TPSA) is 22.1 Å². The first-order chi connectivity index (χ1) is 7.70. The maximum Gasteiger partial charge on any atom is 0.128 e. The van der Waals surface area contributed by atoms with Crippen LogP contribution in [0.4, 0.5) is 8.78 Å². The van der Waals surface area contributed by atoms with Crippen molar-refractivity contribution in [3.05, 3.63) is 48.2 Å². The minimum absolute atomic E-state index is 0.344. The van der Waals surface area contributed by atoms with Crippen LogP contribution in [0.1, 0.15) is 0 Å². The molecule has 0 atom stereocenters. The van der Waals surface area contributed by atoms with E-state index >= 15 is 0 Å². The molecule has 2 aromatic rings. The molecular formula is C12H9F2NO. The van der Waals surface area contributed by atoms with Gasteiger partial charge in [0.15, 0.2) is 0 Å². The van der Waals surface area contributed by atoms with E-state index in [4.69, 9.17) is 4.74 Å². The number of hydrogen-bond acceptors (Lipinski definition) is 2.